The number of carbonyl (C=O) groups is 2. The molecule has 2 N–H and O–H groups in total. The maximum Gasteiger partial charge on any atom is 0.258 e. The van der Waals surface area contributed by atoms with Crippen molar-refractivity contribution >= 4 is 38.9 Å². The Balaban J connectivity index is 1.37. The summed E-state index contributed by atoms with van der Waals surface area (Å²) in [6, 6.07) is 4.73. The standard InChI is InChI=1S/C20H23ClN4O4S/c1-12(26)23-16-6-20(7-16)8-17(9-20)25-11-13(10-22-25)19(27)24-15-3-14(21)4-18(5-15)30(2,28)29/h3-5,10-11,16-17H,6-9H2,1-2H3,(H,23,26)(H,24,27). The lowest BCUT2D eigenvalue weighted by Gasteiger charge is -2.57. The summed E-state index contributed by atoms with van der Waals surface area (Å²) < 4.78 is 25.3. The fraction of sp³-hybridized carbons (Fsp3) is 0.450. The zero-order valence-corrected chi connectivity index (χ0v) is 18.3. The van der Waals surface area contributed by atoms with Gasteiger partial charge in [-0.25, -0.2) is 8.42 Å². The first-order valence-electron chi connectivity index (χ1n) is 9.66. The van der Waals surface area contributed by atoms with E-state index in [-0.39, 0.29) is 39.2 Å². The van der Waals surface area contributed by atoms with E-state index in [1.54, 1.807) is 6.20 Å². The van der Waals surface area contributed by atoms with E-state index in [0.717, 1.165) is 31.9 Å². The molecular weight excluding hydrogens is 428 g/mol. The van der Waals surface area contributed by atoms with E-state index in [0.29, 0.717) is 11.3 Å². The smallest absolute Gasteiger partial charge is 0.258 e. The van der Waals surface area contributed by atoms with Gasteiger partial charge in [-0.1, -0.05) is 11.6 Å². The van der Waals surface area contributed by atoms with Crippen LogP contribution in [0.25, 0.3) is 0 Å². The van der Waals surface area contributed by atoms with Crippen LogP contribution in [0.2, 0.25) is 5.02 Å². The molecule has 160 valence electrons. The van der Waals surface area contributed by atoms with Gasteiger partial charge >= 0.3 is 0 Å². The van der Waals surface area contributed by atoms with E-state index in [2.05, 4.69) is 15.7 Å². The average Bonchev–Trinajstić information content (AvgIpc) is 3.03. The highest BCUT2D eigenvalue weighted by Crippen LogP contribution is 2.60. The number of rotatable bonds is 5. The van der Waals surface area contributed by atoms with Crippen LogP contribution in [-0.2, 0) is 14.6 Å². The van der Waals surface area contributed by atoms with Gasteiger partial charge in [-0.05, 0) is 49.3 Å². The topological polar surface area (TPSA) is 110 Å². The van der Waals surface area contributed by atoms with Gasteiger partial charge in [-0.15, -0.1) is 0 Å². The third-order valence-corrected chi connectivity index (χ3v) is 7.21. The van der Waals surface area contributed by atoms with Crippen molar-refractivity contribution in [3.8, 4) is 0 Å². The molecule has 2 aliphatic carbocycles. The summed E-state index contributed by atoms with van der Waals surface area (Å²) in [6.45, 7) is 1.54. The number of carbonyl (C=O) groups excluding carboxylic acids is 2. The molecule has 4 rings (SSSR count). The molecule has 30 heavy (non-hydrogen) atoms. The second kappa shape index (κ2) is 7.39. The Hall–Kier alpha value is -2.39. The molecule has 2 saturated carbocycles. The van der Waals surface area contributed by atoms with Crippen molar-refractivity contribution in [1.29, 1.82) is 0 Å². The van der Waals surface area contributed by atoms with Gasteiger partial charge < -0.3 is 10.6 Å². The third kappa shape index (κ3) is 4.22. The van der Waals surface area contributed by atoms with Gasteiger partial charge in [-0.3, -0.25) is 14.3 Å². The highest BCUT2D eigenvalue weighted by atomic mass is 35.5. The largest absolute Gasteiger partial charge is 0.354 e. The number of halogens is 1. The summed E-state index contributed by atoms with van der Waals surface area (Å²) in [6.07, 6.45) is 8.25. The minimum Gasteiger partial charge on any atom is -0.354 e. The second-order valence-corrected chi connectivity index (χ2v) is 10.9. The van der Waals surface area contributed by atoms with E-state index < -0.39 is 9.84 Å². The predicted molar refractivity (Wildman–Crippen MR) is 112 cm³/mol. The molecule has 2 aliphatic rings. The average molecular weight is 451 g/mol. The van der Waals surface area contributed by atoms with Crippen LogP contribution in [0.4, 0.5) is 5.69 Å². The Morgan fingerprint density at radius 3 is 2.53 bits per heavy atom. The van der Waals surface area contributed by atoms with Crippen molar-refractivity contribution in [3.63, 3.8) is 0 Å². The molecule has 0 radical (unpaired) electrons. The predicted octanol–water partition coefficient (Wildman–Crippen LogP) is 2.81. The molecule has 8 nitrogen and oxygen atoms in total. The van der Waals surface area contributed by atoms with Crippen molar-refractivity contribution in [2.45, 2.75) is 49.6 Å². The third-order valence-electron chi connectivity index (χ3n) is 5.90. The summed E-state index contributed by atoms with van der Waals surface area (Å²) in [5.41, 5.74) is 0.984. The van der Waals surface area contributed by atoms with Crippen LogP contribution >= 0.6 is 11.6 Å². The van der Waals surface area contributed by atoms with Gasteiger partial charge in [0.25, 0.3) is 5.91 Å². The molecule has 2 amide bonds. The molecule has 0 aliphatic heterocycles. The van der Waals surface area contributed by atoms with Crippen molar-refractivity contribution in [2.24, 2.45) is 5.41 Å². The quantitative estimate of drug-likeness (QED) is 0.727. The highest BCUT2D eigenvalue weighted by molar-refractivity contribution is 7.90. The molecule has 1 heterocycles. The fourth-order valence-corrected chi connectivity index (χ4v) is 5.52. The van der Waals surface area contributed by atoms with Crippen LogP contribution in [0, 0.1) is 5.41 Å². The van der Waals surface area contributed by atoms with Crippen molar-refractivity contribution in [1.82, 2.24) is 15.1 Å². The maximum atomic E-state index is 12.6. The van der Waals surface area contributed by atoms with E-state index in [1.807, 2.05) is 4.68 Å². The summed E-state index contributed by atoms with van der Waals surface area (Å²) in [7, 11) is -3.45. The molecule has 0 bridgehead atoms. The van der Waals surface area contributed by atoms with Crippen LogP contribution in [0.15, 0.2) is 35.5 Å². The minimum absolute atomic E-state index is 0.0109. The number of hydrogen-bond acceptors (Lipinski definition) is 5. The molecule has 2 aromatic rings. The minimum atomic E-state index is -3.45. The van der Waals surface area contributed by atoms with Crippen molar-refractivity contribution < 1.29 is 18.0 Å². The van der Waals surface area contributed by atoms with Crippen LogP contribution in [-0.4, -0.2) is 42.3 Å². The monoisotopic (exact) mass is 450 g/mol. The second-order valence-electron chi connectivity index (χ2n) is 8.48. The first kappa shape index (κ1) is 20.9. The van der Waals surface area contributed by atoms with Gasteiger partial charge in [0.1, 0.15) is 0 Å². The molecule has 1 spiro atoms. The van der Waals surface area contributed by atoms with Gasteiger partial charge in [0, 0.05) is 36.1 Å². The lowest BCUT2D eigenvalue weighted by molar-refractivity contribution is -0.123. The summed E-state index contributed by atoms with van der Waals surface area (Å²) in [5, 5.41) is 10.2. The fourth-order valence-electron chi connectivity index (χ4n) is 4.54. The van der Waals surface area contributed by atoms with Crippen LogP contribution in [0.3, 0.4) is 0 Å². The number of anilines is 1. The number of nitrogens with one attached hydrogen (secondary N) is 2. The van der Waals surface area contributed by atoms with E-state index in [1.165, 1.54) is 31.3 Å². The van der Waals surface area contributed by atoms with Gasteiger partial charge in [-0.2, -0.15) is 5.10 Å². The number of sulfone groups is 1. The van der Waals surface area contributed by atoms with Crippen LogP contribution < -0.4 is 10.6 Å². The Bertz CT molecular complexity index is 1110. The lowest BCUT2D eigenvalue weighted by atomic mass is 9.52. The molecule has 0 saturated heterocycles. The summed E-state index contributed by atoms with van der Waals surface area (Å²) in [4.78, 5) is 23.7. The SMILES string of the molecule is CC(=O)NC1CC2(C1)CC(n1cc(C(=O)Nc3cc(Cl)cc(S(C)(=O)=O)c3)cn1)C2. The van der Waals surface area contributed by atoms with Crippen LogP contribution in [0.1, 0.15) is 49.0 Å². The van der Waals surface area contributed by atoms with E-state index in [4.69, 9.17) is 11.6 Å². The molecule has 2 fully saturated rings. The van der Waals surface area contributed by atoms with Gasteiger partial charge in [0.2, 0.25) is 5.91 Å². The van der Waals surface area contributed by atoms with Crippen LogP contribution in [0.5, 0.6) is 0 Å². The molecule has 0 atom stereocenters. The highest BCUT2D eigenvalue weighted by Gasteiger charge is 2.53. The Kier molecular flexibility index (Phi) is 5.14. The molecular formula is C20H23ClN4O4S. The van der Waals surface area contributed by atoms with Crippen molar-refractivity contribution in [2.75, 3.05) is 11.6 Å². The Labute approximate surface area is 179 Å². The summed E-state index contributed by atoms with van der Waals surface area (Å²) in [5.74, 6) is -0.372. The van der Waals surface area contributed by atoms with E-state index in [9.17, 15) is 18.0 Å². The van der Waals surface area contributed by atoms with Crippen molar-refractivity contribution in [3.05, 3.63) is 41.2 Å². The van der Waals surface area contributed by atoms with E-state index >= 15 is 0 Å². The first-order chi connectivity index (χ1) is 14.0. The molecule has 1 aromatic carbocycles. The molecule has 10 heteroatoms. The molecule has 1 aromatic heterocycles. The van der Waals surface area contributed by atoms with Gasteiger partial charge in [0.05, 0.1) is 22.7 Å². The number of amides is 2. The maximum absolute atomic E-state index is 12.6. The number of nitrogens with zero attached hydrogens (tertiary/aromatic N) is 2. The zero-order chi connectivity index (χ0) is 21.7. The normalized spacial score (nSPS) is 25.3. The number of benzene rings is 1. The lowest BCUT2D eigenvalue weighted by Crippen LogP contribution is -2.56. The Morgan fingerprint density at radius 1 is 1.20 bits per heavy atom. The first-order valence-corrected chi connectivity index (χ1v) is 11.9. The van der Waals surface area contributed by atoms with Gasteiger partial charge in [0.15, 0.2) is 9.84 Å². The Morgan fingerprint density at radius 2 is 1.90 bits per heavy atom. The molecule has 0 unspecified atom stereocenters. The number of aromatic nitrogens is 2. The zero-order valence-electron chi connectivity index (χ0n) is 16.7. The number of hydrogen-bond donors (Lipinski definition) is 2. The summed E-state index contributed by atoms with van der Waals surface area (Å²) >= 11 is 5.99.